The largest absolute Gasteiger partial charge is 0.346 e. The SMILES string of the molecule is Cc1csc(CCCC(=O)NC(C)c2nnc3ccccn23)n1. The Hall–Kier alpha value is -2.28. The van der Waals surface area contributed by atoms with Gasteiger partial charge in [-0.1, -0.05) is 6.07 Å². The highest BCUT2D eigenvalue weighted by Gasteiger charge is 2.15. The Bertz CT molecular complexity index is 810. The van der Waals surface area contributed by atoms with E-state index in [1.165, 1.54) is 0 Å². The summed E-state index contributed by atoms with van der Waals surface area (Å²) in [4.78, 5) is 16.5. The van der Waals surface area contributed by atoms with E-state index in [-0.39, 0.29) is 11.9 Å². The van der Waals surface area contributed by atoms with Crippen LogP contribution in [-0.2, 0) is 11.2 Å². The fourth-order valence-corrected chi connectivity index (χ4v) is 3.27. The van der Waals surface area contributed by atoms with E-state index < -0.39 is 0 Å². The van der Waals surface area contributed by atoms with Crippen molar-refractivity contribution in [2.75, 3.05) is 0 Å². The lowest BCUT2D eigenvalue weighted by atomic mass is 10.2. The summed E-state index contributed by atoms with van der Waals surface area (Å²) >= 11 is 1.65. The fourth-order valence-electron chi connectivity index (χ4n) is 2.45. The van der Waals surface area contributed by atoms with E-state index in [1.807, 2.05) is 48.0 Å². The van der Waals surface area contributed by atoms with Crippen LogP contribution in [0.15, 0.2) is 29.8 Å². The van der Waals surface area contributed by atoms with Crippen molar-refractivity contribution in [2.45, 2.75) is 39.2 Å². The van der Waals surface area contributed by atoms with Crippen molar-refractivity contribution < 1.29 is 4.79 Å². The molecule has 0 spiro atoms. The number of fused-ring (bicyclic) bond motifs is 1. The Kier molecular flexibility index (Phi) is 4.66. The van der Waals surface area contributed by atoms with E-state index in [1.54, 1.807) is 11.3 Å². The van der Waals surface area contributed by atoms with E-state index in [2.05, 4.69) is 20.5 Å². The minimum atomic E-state index is -0.179. The van der Waals surface area contributed by atoms with E-state index in [0.29, 0.717) is 6.42 Å². The monoisotopic (exact) mass is 329 g/mol. The molecule has 1 N–H and O–H groups in total. The third-order valence-electron chi connectivity index (χ3n) is 3.57. The van der Waals surface area contributed by atoms with Gasteiger partial charge in [-0.05, 0) is 38.8 Å². The number of hydrogen-bond donors (Lipinski definition) is 1. The summed E-state index contributed by atoms with van der Waals surface area (Å²) < 4.78 is 1.89. The van der Waals surface area contributed by atoms with E-state index in [4.69, 9.17) is 0 Å². The van der Waals surface area contributed by atoms with Crippen molar-refractivity contribution in [1.29, 1.82) is 0 Å². The van der Waals surface area contributed by atoms with Gasteiger partial charge in [-0.2, -0.15) is 0 Å². The third-order valence-corrected chi connectivity index (χ3v) is 4.59. The molecule has 120 valence electrons. The van der Waals surface area contributed by atoms with Crippen LogP contribution in [0.5, 0.6) is 0 Å². The predicted octanol–water partition coefficient (Wildman–Crippen LogP) is 2.69. The molecule has 0 aromatic carbocycles. The molecule has 0 bridgehead atoms. The van der Waals surface area contributed by atoms with Gasteiger partial charge in [-0.3, -0.25) is 9.20 Å². The van der Waals surface area contributed by atoms with Gasteiger partial charge in [0.05, 0.1) is 11.0 Å². The summed E-state index contributed by atoms with van der Waals surface area (Å²) in [5, 5.41) is 14.4. The summed E-state index contributed by atoms with van der Waals surface area (Å²) in [5.74, 6) is 0.767. The Morgan fingerprint density at radius 2 is 2.26 bits per heavy atom. The first-order chi connectivity index (χ1) is 11.1. The molecular weight excluding hydrogens is 310 g/mol. The molecule has 0 radical (unpaired) electrons. The van der Waals surface area contributed by atoms with Gasteiger partial charge in [-0.25, -0.2) is 4.98 Å². The maximum absolute atomic E-state index is 12.1. The zero-order valence-electron chi connectivity index (χ0n) is 13.2. The number of rotatable bonds is 6. The number of aryl methyl sites for hydroxylation is 2. The topological polar surface area (TPSA) is 72.2 Å². The molecule has 0 saturated carbocycles. The van der Waals surface area contributed by atoms with Gasteiger partial charge in [0.1, 0.15) is 0 Å². The van der Waals surface area contributed by atoms with Crippen LogP contribution >= 0.6 is 11.3 Å². The van der Waals surface area contributed by atoms with Crippen molar-refractivity contribution in [3.05, 3.63) is 46.3 Å². The van der Waals surface area contributed by atoms with Crippen molar-refractivity contribution in [2.24, 2.45) is 0 Å². The van der Waals surface area contributed by atoms with Gasteiger partial charge in [0.2, 0.25) is 5.91 Å². The average Bonchev–Trinajstić information content (AvgIpc) is 3.13. The quantitative estimate of drug-likeness (QED) is 0.755. The second kappa shape index (κ2) is 6.87. The van der Waals surface area contributed by atoms with Crippen molar-refractivity contribution >= 4 is 22.9 Å². The van der Waals surface area contributed by atoms with E-state index >= 15 is 0 Å². The number of aromatic nitrogens is 4. The number of nitrogens with one attached hydrogen (secondary N) is 1. The minimum absolute atomic E-state index is 0.0264. The molecule has 6 nitrogen and oxygen atoms in total. The van der Waals surface area contributed by atoms with Crippen molar-refractivity contribution in [1.82, 2.24) is 24.9 Å². The molecule has 3 heterocycles. The van der Waals surface area contributed by atoms with Crippen LogP contribution in [0.2, 0.25) is 0 Å². The molecule has 23 heavy (non-hydrogen) atoms. The van der Waals surface area contributed by atoms with Gasteiger partial charge in [0.25, 0.3) is 0 Å². The molecule has 1 unspecified atom stereocenters. The lowest BCUT2D eigenvalue weighted by Gasteiger charge is -2.12. The summed E-state index contributed by atoms with van der Waals surface area (Å²) in [6.45, 7) is 3.91. The molecule has 0 aliphatic heterocycles. The molecule has 1 amide bonds. The molecule has 7 heteroatoms. The summed E-state index contributed by atoms with van der Waals surface area (Å²) in [7, 11) is 0. The first-order valence-corrected chi connectivity index (χ1v) is 8.51. The van der Waals surface area contributed by atoms with Crippen molar-refractivity contribution in [3.8, 4) is 0 Å². The molecule has 3 rings (SSSR count). The average molecular weight is 329 g/mol. The molecular formula is C16H19N5OS. The first-order valence-electron chi connectivity index (χ1n) is 7.63. The molecule has 0 aliphatic rings. The maximum atomic E-state index is 12.1. The van der Waals surface area contributed by atoms with Crippen LogP contribution in [0, 0.1) is 6.92 Å². The zero-order chi connectivity index (χ0) is 16.2. The van der Waals surface area contributed by atoms with Crippen LogP contribution in [0.4, 0.5) is 0 Å². The van der Waals surface area contributed by atoms with E-state index in [9.17, 15) is 4.79 Å². The van der Waals surface area contributed by atoms with Crippen LogP contribution in [0.3, 0.4) is 0 Å². The van der Waals surface area contributed by atoms with Gasteiger partial charge < -0.3 is 5.32 Å². The van der Waals surface area contributed by atoms with Gasteiger partial charge in [-0.15, -0.1) is 21.5 Å². The molecule has 0 aliphatic carbocycles. The lowest BCUT2D eigenvalue weighted by Crippen LogP contribution is -2.27. The van der Waals surface area contributed by atoms with Gasteiger partial charge >= 0.3 is 0 Å². The second-order valence-corrected chi connectivity index (χ2v) is 6.46. The van der Waals surface area contributed by atoms with Crippen LogP contribution in [-0.4, -0.2) is 25.5 Å². The number of nitrogens with zero attached hydrogens (tertiary/aromatic N) is 4. The standard InChI is InChI=1S/C16H19N5OS/c1-11-10-23-15(17-11)8-5-7-14(22)18-12(2)16-20-19-13-6-3-4-9-21(13)16/h3-4,6,9-10,12H,5,7-8H2,1-2H3,(H,18,22). The Morgan fingerprint density at radius 1 is 1.39 bits per heavy atom. The van der Waals surface area contributed by atoms with E-state index in [0.717, 1.165) is 35.0 Å². The number of thiazole rings is 1. The smallest absolute Gasteiger partial charge is 0.220 e. The normalized spacial score (nSPS) is 12.4. The number of carbonyl (C=O) groups excluding carboxylic acids is 1. The number of pyridine rings is 1. The predicted molar refractivity (Wildman–Crippen MR) is 89.3 cm³/mol. The third kappa shape index (κ3) is 3.73. The highest BCUT2D eigenvalue weighted by Crippen LogP contribution is 2.14. The summed E-state index contributed by atoms with van der Waals surface area (Å²) in [6.07, 6.45) is 4.03. The lowest BCUT2D eigenvalue weighted by molar-refractivity contribution is -0.121. The highest BCUT2D eigenvalue weighted by molar-refractivity contribution is 7.09. The van der Waals surface area contributed by atoms with Crippen LogP contribution in [0.25, 0.3) is 5.65 Å². The number of hydrogen-bond acceptors (Lipinski definition) is 5. The molecule has 0 fully saturated rings. The minimum Gasteiger partial charge on any atom is -0.346 e. The summed E-state index contributed by atoms with van der Waals surface area (Å²) in [6, 6.07) is 5.55. The Morgan fingerprint density at radius 3 is 3.04 bits per heavy atom. The van der Waals surface area contributed by atoms with Gasteiger partial charge in [0, 0.05) is 23.7 Å². The zero-order valence-corrected chi connectivity index (χ0v) is 14.0. The summed E-state index contributed by atoms with van der Waals surface area (Å²) in [5.41, 5.74) is 1.82. The van der Waals surface area contributed by atoms with Gasteiger partial charge in [0.15, 0.2) is 11.5 Å². The first kappa shape index (κ1) is 15.6. The van der Waals surface area contributed by atoms with Crippen molar-refractivity contribution in [3.63, 3.8) is 0 Å². The number of carbonyl (C=O) groups is 1. The Balaban J connectivity index is 1.53. The highest BCUT2D eigenvalue weighted by atomic mass is 32.1. The van der Waals surface area contributed by atoms with Crippen LogP contribution < -0.4 is 5.32 Å². The number of amides is 1. The molecule has 1 atom stereocenters. The molecule has 3 aromatic rings. The maximum Gasteiger partial charge on any atom is 0.220 e. The van der Waals surface area contributed by atoms with Crippen LogP contribution in [0.1, 0.15) is 42.3 Å². The molecule has 0 saturated heterocycles. The fraction of sp³-hybridized carbons (Fsp3) is 0.375. The second-order valence-electron chi connectivity index (χ2n) is 5.51. The Labute approximate surface area is 138 Å². The molecule has 3 aromatic heterocycles.